The molecule has 5 heteroatoms. The van der Waals surface area contributed by atoms with Crippen molar-refractivity contribution in [3.8, 4) is 22.3 Å². The van der Waals surface area contributed by atoms with Crippen molar-refractivity contribution in [2.75, 3.05) is 9.80 Å². The van der Waals surface area contributed by atoms with Gasteiger partial charge in [0.1, 0.15) is 11.2 Å². The number of hydrogen-bond donors (Lipinski definition) is 0. The van der Waals surface area contributed by atoms with Gasteiger partial charge in [-0.1, -0.05) is 175 Å². The Morgan fingerprint density at radius 2 is 0.679 bits per heavy atom. The zero-order chi connectivity index (χ0) is 54.7. The van der Waals surface area contributed by atoms with Crippen LogP contribution in [0.15, 0.2) is 247 Å². The lowest BCUT2D eigenvalue weighted by Gasteiger charge is -2.29. The number of fused-ring (bicyclic) bond motifs is 11. The summed E-state index contributed by atoms with van der Waals surface area (Å²) in [6, 6.07) is 90.3. The molecule has 0 radical (unpaired) electrons. The van der Waals surface area contributed by atoms with Crippen molar-refractivity contribution in [1.82, 2.24) is 0 Å². The molecule has 3 aromatic heterocycles. The number of furan rings is 1. The minimum Gasteiger partial charge on any atom is -0.456 e. The number of anilines is 6. The Kier molecular flexibility index (Phi) is 11.4. The van der Waals surface area contributed by atoms with Gasteiger partial charge in [0.15, 0.2) is 0 Å². The maximum Gasteiger partial charge on any atom is 0.136 e. The first-order valence-corrected chi connectivity index (χ1v) is 29.7. The third kappa shape index (κ3) is 8.54. The van der Waals surface area contributed by atoms with Crippen molar-refractivity contribution in [1.29, 1.82) is 0 Å². The number of benzene rings is 12. The van der Waals surface area contributed by atoms with Crippen molar-refractivity contribution in [2.45, 2.75) is 52.4 Å². The van der Waals surface area contributed by atoms with E-state index < -0.39 is 0 Å². The molecular weight excluding hydrogens is 1020 g/mol. The molecule has 0 aliphatic carbocycles. The van der Waals surface area contributed by atoms with E-state index in [4.69, 9.17) is 4.42 Å². The summed E-state index contributed by atoms with van der Waals surface area (Å²) in [5, 5.41) is 11.8. The normalized spacial score (nSPS) is 12.3. The molecule has 0 unspecified atom stereocenters. The van der Waals surface area contributed by atoms with Gasteiger partial charge in [-0.3, -0.25) is 0 Å². The zero-order valence-corrected chi connectivity index (χ0v) is 47.8. The van der Waals surface area contributed by atoms with Gasteiger partial charge < -0.3 is 14.2 Å². The maximum absolute atomic E-state index is 6.99. The van der Waals surface area contributed by atoms with E-state index in [0.717, 1.165) is 77.6 Å². The molecular formula is C76H58N2OS2. The summed E-state index contributed by atoms with van der Waals surface area (Å²) < 4.78 is 12.1. The molecule has 0 aliphatic rings. The van der Waals surface area contributed by atoms with Crippen LogP contribution in [0.4, 0.5) is 34.1 Å². The molecule has 0 N–H and O–H groups in total. The summed E-state index contributed by atoms with van der Waals surface area (Å²) in [4.78, 5) is 4.91. The largest absolute Gasteiger partial charge is 0.456 e. The zero-order valence-electron chi connectivity index (χ0n) is 46.2. The third-order valence-electron chi connectivity index (χ3n) is 16.5. The Morgan fingerprint density at radius 1 is 0.296 bits per heavy atom. The van der Waals surface area contributed by atoms with Crippen molar-refractivity contribution < 1.29 is 4.42 Å². The molecule has 0 saturated carbocycles. The molecule has 0 atom stereocenters. The maximum atomic E-state index is 6.99. The highest BCUT2D eigenvalue weighted by Crippen LogP contribution is 2.50. The van der Waals surface area contributed by atoms with Crippen molar-refractivity contribution in [3.63, 3.8) is 0 Å². The fourth-order valence-corrected chi connectivity index (χ4v) is 14.4. The van der Waals surface area contributed by atoms with Gasteiger partial charge in [0, 0.05) is 85.0 Å². The molecule has 0 saturated heterocycles. The Hall–Kier alpha value is -9.00. The van der Waals surface area contributed by atoms with Crippen LogP contribution in [0.5, 0.6) is 0 Å². The van der Waals surface area contributed by atoms with Crippen LogP contribution in [0.2, 0.25) is 0 Å². The van der Waals surface area contributed by atoms with E-state index >= 15 is 0 Å². The Morgan fingerprint density at radius 3 is 1.09 bits per heavy atom. The summed E-state index contributed by atoms with van der Waals surface area (Å²) in [5.41, 5.74) is 15.7. The van der Waals surface area contributed by atoms with E-state index in [-0.39, 0.29) is 10.8 Å². The van der Waals surface area contributed by atoms with Gasteiger partial charge >= 0.3 is 0 Å². The predicted molar refractivity (Wildman–Crippen MR) is 352 cm³/mol. The van der Waals surface area contributed by atoms with Crippen molar-refractivity contribution >= 4 is 141 Å². The standard InChI is InChI=1S/C76H58N2OS2/c1-75(2,3)53-27-33-55(34-28-53)77(67-43-65-59-21-13-15-23-71(59)80-73(65)45-61(67)47-17-9-7-10-18-47)57-31-25-49-39-63-64-40-50-26-32-58(38-52(50)42-70(64)79-69(63)41-51(49)37-57)78(56-35-29-54(30-36-56)76(4,5)6)68-44-66-60-22-14-16-24-72(60)81-74(66)46-62(68)48-19-11-8-12-20-48/h7-46H,1-6H3. The second kappa shape index (κ2) is 18.8. The fraction of sp³-hybridized carbons (Fsp3) is 0.105. The summed E-state index contributed by atoms with van der Waals surface area (Å²) in [7, 11) is 0. The highest BCUT2D eigenvalue weighted by Gasteiger charge is 2.25. The first kappa shape index (κ1) is 49.1. The first-order valence-electron chi connectivity index (χ1n) is 28.0. The van der Waals surface area contributed by atoms with Crippen LogP contribution in [0.1, 0.15) is 52.7 Å². The second-order valence-corrected chi connectivity index (χ2v) is 26.0. The van der Waals surface area contributed by atoms with Crippen LogP contribution in [-0.4, -0.2) is 0 Å². The van der Waals surface area contributed by atoms with E-state index in [1.54, 1.807) is 0 Å². The molecule has 0 fully saturated rings. The molecule has 0 amide bonds. The van der Waals surface area contributed by atoms with E-state index in [9.17, 15) is 0 Å². The Balaban J connectivity index is 0.885. The lowest BCUT2D eigenvalue weighted by Crippen LogP contribution is -2.14. The van der Waals surface area contributed by atoms with Crippen LogP contribution in [-0.2, 0) is 10.8 Å². The Labute approximate surface area is 480 Å². The highest BCUT2D eigenvalue weighted by molar-refractivity contribution is 7.26. The summed E-state index contributed by atoms with van der Waals surface area (Å²) in [6.45, 7) is 13.7. The minimum atomic E-state index is 0.0174. The van der Waals surface area contributed by atoms with Crippen LogP contribution in [0.25, 0.3) is 106 Å². The van der Waals surface area contributed by atoms with Crippen LogP contribution in [0.3, 0.4) is 0 Å². The second-order valence-electron chi connectivity index (χ2n) is 23.8. The molecule has 3 nitrogen and oxygen atoms in total. The molecule has 81 heavy (non-hydrogen) atoms. The predicted octanol–water partition coefficient (Wildman–Crippen LogP) is 23.5. The molecule has 390 valence electrons. The quantitative estimate of drug-likeness (QED) is 0.151. The number of thiophene rings is 2. The van der Waals surface area contributed by atoms with Gasteiger partial charge in [-0.05, 0) is 164 Å². The van der Waals surface area contributed by atoms with E-state index in [1.165, 1.54) is 73.7 Å². The van der Waals surface area contributed by atoms with Crippen LogP contribution < -0.4 is 9.80 Å². The van der Waals surface area contributed by atoms with Crippen molar-refractivity contribution in [3.05, 3.63) is 254 Å². The van der Waals surface area contributed by atoms with Gasteiger partial charge in [0.05, 0.1) is 11.4 Å². The highest BCUT2D eigenvalue weighted by atomic mass is 32.1. The van der Waals surface area contributed by atoms with Gasteiger partial charge in [-0.15, -0.1) is 22.7 Å². The Bertz CT molecular complexity index is 4630. The van der Waals surface area contributed by atoms with Gasteiger partial charge in [0.25, 0.3) is 0 Å². The molecule has 3 heterocycles. The van der Waals surface area contributed by atoms with Crippen LogP contribution >= 0.6 is 22.7 Å². The molecule has 0 aliphatic heterocycles. The molecule has 15 aromatic rings. The fourth-order valence-electron chi connectivity index (χ4n) is 12.2. The monoisotopic (exact) mass is 1080 g/mol. The topological polar surface area (TPSA) is 19.6 Å². The smallest absolute Gasteiger partial charge is 0.136 e. The third-order valence-corrected chi connectivity index (χ3v) is 18.8. The minimum absolute atomic E-state index is 0.0174. The van der Waals surface area contributed by atoms with Gasteiger partial charge in [-0.25, -0.2) is 0 Å². The molecule has 12 aromatic carbocycles. The molecule has 15 rings (SSSR count). The summed E-state index contributed by atoms with van der Waals surface area (Å²) >= 11 is 3.73. The lowest BCUT2D eigenvalue weighted by molar-refractivity contribution is 0.590. The number of hydrogen-bond acceptors (Lipinski definition) is 5. The van der Waals surface area contributed by atoms with E-state index in [1.807, 2.05) is 22.7 Å². The average molecular weight is 1080 g/mol. The van der Waals surface area contributed by atoms with E-state index in [0.29, 0.717) is 0 Å². The van der Waals surface area contributed by atoms with Gasteiger partial charge in [-0.2, -0.15) is 0 Å². The summed E-state index contributed by atoms with van der Waals surface area (Å²) in [6.07, 6.45) is 0. The van der Waals surface area contributed by atoms with Gasteiger partial charge in [0.2, 0.25) is 0 Å². The number of nitrogens with zero attached hydrogens (tertiary/aromatic N) is 2. The summed E-state index contributed by atoms with van der Waals surface area (Å²) in [5.74, 6) is 0. The van der Waals surface area contributed by atoms with E-state index in [2.05, 4.69) is 294 Å². The number of rotatable bonds is 8. The molecule has 0 bridgehead atoms. The SMILES string of the molecule is CC(C)(C)c1ccc(N(c2ccc3cc4c(cc3c2)oc2cc3cc(N(c5ccc(C(C)(C)C)cc5)c5cc6c(cc5-c5ccccc5)sc5ccccc56)ccc3cc24)c2cc3c(cc2-c2ccccc2)sc2ccccc23)cc1. The van der Waals surface area contributed by atoms with Crippen LogP contribution in [0, 0.1) is 0 Å². The lowest BCUT2D eigenvalue weighted by atomic mass is 9.87. The molecule has 0 spiro atoms. The van der Waals surface area contributed by atoms with Crippen molar-refractivity contribution in [2.24, 2.45) is 0 Å². The average Bonchev–Trinajstić information content (AvgIpc) is 3.74. The first-order chi connectivity index (χ1) is 39.4.